The lowest BCUT2D eigenvalue weighted by molar-refractivity contribution is 0.371. The summed E-state index contributed by atoms with van der Waals surface area (Å²) in [5.41, 5.74) is 4.00. The molecule has 2 aliphatic heterocycles. The van der Waals surface area contributed by atoms with Gasteiger partial charge in [0.25, 0.3) is 0 Å². The Morgan fingerprint density at radius 3 is 1.46 bits per heavy atom. The molecular formula is C21H20N2O3. The normalized spacial score (nSPS) is 20.9. The maximum absolute atomic E-state index is 13.3. The highest BCUT2D eigenvalue weighted by Gasteiger charge is 2.32. The van der Waals surface area contributed by atoms with Crippen molar-refractivity contribution in [3.63, 3.8) is 0 Å². The van der Waals surface area contributed by atoms with Crippen LogP contribution in [-0.2, 0) is 22.6 Å². The molecule has 0 bridgehead atoms. The van der Waals surface area contributed by atoms with Crippen molar-refractivity contribution in [1.29, 1.82) is 0 Å². The first-order valence-electron chi connectivity index (χ1n) is 8.98. The monoisotopic (exact) mass is 348 g/mol. The molecule has 0 N–H and O–H groups in total. The molecule has 26 heavy (non-hydrogen) atoms. The minimum Gasteiger partial charge on any atom is -0.371 e. The van der Waals surface area contributed by atoms with E-state index in [0.717, 1.165) is 35.7 Å². The summed E-state index contributed by atoms with van der Waals surface area (Å²) in [6.07, 6.45) is 0.263. The molecule has 0 spiro atoms. The number of aromatic nitrogens is 2. The molecular weight excluding hydrogens is 328 g/mol. The van der Waals surface area contributed by atoms with E-state index < -0.39 is 0 Å². The summed E-state index contributed by atoms with van der Waals surface area (Å²) in [5.74, 6) is 0. The molecule has 0 saturated carbocycles. The Morgan fingerprint density at radius 1 is 0.731 bits per heavy atom. The summed E-state index contributed by atoms with van der Waals surface area (Å²) in [6.45, 7) is 2.61. The van der Waals surface area contributed by atoms with Gasteiger partial charge in [-0.1, -0.05) is 60.7 Å². The Kier molecular flexibility index (Phi) is 3.76. The van der Waals surface area contributed by atoms with E-state index in [2.05, 4.69) is 24.3 Å². The fourth-order valence-corrected chi connectivity index (χ4v) is 3.46. The molecule has 3 aromatic rings. The molecule has 132 valence electrons. The van der Waals surface area contributed by atoms with Crippen LogP contribution in [0.3, 0.4) is 0 Å². The minimum absolute atomic E-state index is 0.00806. The number of benzene rings is 2. The number of hydrogen-bond donors (Lipinski definition) is 0. The average molecular weight is 348 g/mol. The predicted octanol–water partition coefficient (Wildman–Crippen LogP) is 2.78. The summed E-state index contributed by atoms with van der Waals surface area (Å²) in [7, 11) is 0. The van der Waals surface area contributed by atoms with Gasteiger partial charge >= 0.3 is 5.69 Å². The van der Waals surface area contributed by atoms with E-state index in [4.69, 9.17) is 9.47 Å². The Balaban J connectivity index is 1.77. The number of ether oxygens (including phenoxy) is 2. The molecule has 0 radical (unpaired) electrons. The van der Waals surface area contributed by atoms with Crippen molar-refractivity contribution in [3.8, 4) is 22.5 Å². The maximum Gasteiger partial charge on any atom is 0.329 e. The zero-order valence-electron chi connectivity index (χ0n) is 14.4. The van der Waals surface area contributed by atoms with E-state index in [1.165, 1.54) is 0 Å². The molecule has 2 aliphatic rings. The van der Waals surface area contributed by atoms with Crippen molar-refractivity contribution in [1.82, 2.24) is 9.13 Å². The fourth-order valence-electron chi connectivity index (χ4n) is 3.46. The largest absolute Gasteiger partial charge is 0.371 e. The smallest absolute Gasteiger partial charge is 0.329 e. The van der Waals surface area contributed by atoms with Crippen LogP contribution in [0.25, 0.3) is 22.5 Å². The van der Waals surface area contributed by atoms with Crippen molar-refractivity contribution in [3.05, 3.63) is 71.1 Å². The zero-order chi connectivity index (χ0) is 17.5. The molecule has 5 heteroatoms. The van der Waals surface area contributed by atoms with E-state index in [0.29, 0.717) is 13.1 Å². The molecule has 2 unspecified atom stereocenters. The number of rotatable bonds is 6. The number of epoxide rings is 2. The Labute approximate surface area is 151 Å². The third kappa shape index (κ3) is 2.89. The highest BCUT2D eigenvalue weighted by molar-refractivity contribution is 5.79. The number of hydrogen-bond acceptors (Lipinski definition) is 3. The molecule has 0 aliphatic carbocycles. The highest BCUT2D eigenvalue weighted by atomic mass is 16.6. The van der Waals surface area contributed by atoms with Gasteiger partial charge in [-0.2, -0.15) is 0 Å². The van der Waals surface area contributed by atoms with Gasteiger partial charge in [0.1, 0.15) is 0 Å². The highest BCUT2D eigenvalue weighted by Crippen LogP contribution is 2.33. The Hall–Kier alpha value is -2.63. The van der Waals surface area contributed by atoms with Crippen LogP contribution in [-0.4, -0.2) is 34.6 Å². The van der Waals surface area contributed by atoms with Crippen molar-refractivity contribution in [2.45, 2.75) is 25.3 Å². The van der Waals surface area contributed by atoms with Gasteiger partial charge in [-0.05, 0) is 0 Å². The third-order valence-corrected chi connectivity index (χ3v) is 4.90. The first kappa shape index (κ1) is 15.6. The lowest BCUT2D eigenvalue weighted by Crippen LogP contribution is -2.28. The Morgan fingerprint density at radius 2 is 1.12 bits per heavy atom. The topological polar surface area (TPSA) is 52.0 Å². The third-order valence-electron chi connectivity index (χ3n) is 4.90. The molecule has 2 fully saturated rings. The fraction of sp³-hybridized carbons (Fsp3) is 0.286. The summed E-state index contributed by atoms with van der Waals surface area (Å²) in [6, 6.07) is 20.3. The van der Waals surface area contributed by atoms with Crippen LogP contribution >= 0.6 is 0 Å². The molecule has 3 heterocycles. The van der Waals surface area contributed by atoms with Crippen molar-refractivity contribution < 1.29 is 9.47 Å². The predicted molar refractivity (Wildman–Crippen MR) is 99.0 cm³/mol. The maximum atomic E-state index is 13.3. The van der Waals surface area contributed by atoms with Gasteiger partial charge in [-0.15, -0.1) is 0 Å². The first-order valence-corrected chi connectivity index (χ1v) is 8.98. The van der Waals surface area contributed by atoms with Crippen LogP contribution in [0, 0.1) is 0 Å². The van der Waals surface area contributed by atoms with Gasteiger partial charge in [-0.25, -0.2) is 4.79 Å². The second kappa shape index (κ2) is 6.27. The SMILES string of the molecule is O=c1n(CC2CO2)c(-c2ccccc2)c(-c2ccccc2)n1CC1CO1. The lowest BCUT2D eigenvalue weighted by atomic mass is 10.0. The quantitative estimate of drug-likeness (QED) is 0.644. The Bertz CT molecular complexity index is 890. The summed E-state index contributed by atoms with van der Waals surface area (Å²) in [4.78, 5) is 13.3. The zero-order valence-corrected chi connectivity index (χ0v) is 14.4. The van der Waals surface area contributed by atoms with Crippen molar-refractivity contribution in [2.24, 2.45) is 0 Å². The van der Waals surface area contributed by atoms with Crippen molar-refractivity contribution in [2.75, 3.05) is 13.2 Å². The molecule has 2 atom stereocenters. The van der Waals surface area contributed by atoms with Gasteiger partial charge in [-0.3, -0.25) is 9.13 Å². The number of nitrogens with zero attached hydrogens (tertiary/aromatic N) is 2. The summed E-state index contributed by atoms with van der Waals surface area (Å²) < 4.78 is 14.6. The van der Waals surface area contributed by atoms with Gasteiger partial charge in [0.05, 0.1) is 49.9 Å². The molecule has 0 amide bonds. The van der Waals surface area contributed by atoms with Gasteiger partial charge in [0.2, 0.25) is 0 Å². The van der Waals surface area contributed by atoms with E-state index in [1.807, 2.05) is 45.5 Å². The second-order valence-corrected chi connectivity index (χ2v) is 6.84. The minimum atomic E-state index is 0.00806. The second-order valence-electron chi connectivity index (χ2n) is 6.84. The van der Waals surface area contributed by atoms with Gasteiger partial charge in [0, 0.05) is 11.1 Å². The summed E-state index contributed by atoms with van der Waals surface area (Å²) in [5, 5.41) is 0. The summed E-state index contributed by atoms with van der Waals surface area (Å²) >= 11 is 0. The van der Waals surface area contributed by atoms with E-state index in [-0.39, 0.29) is 17.9 Å². The van der Waals surface area contributed by atoms with E-state index in [1.54, 1.807) is 0 Å². The molecule has 5 nitrogen and oxygen atoms in total. The van der Waals surface area contributed by atoms with E-state index >= 15 is 0 Å². The van der Waals surface area contributed by atoms with Crippen LogP contribution in [0.5, 0.6) is 0 Å². The van der Waals surface area contributed by atoms with Gasteiger partial charge in [0.15, 0.2) is 0 Å². The molecule has 5 rings (SSSR count). The van der Waals surface area contributed by atoms with Crippen LogP contribution in [0.15, 0.2) is 65.5 Å². The van der Waals surface area contributed by atoms with Crippen LogP contribution in [0.1, 0.15) is 0 Å². The molecule has 1 aromatic heterocycles. The van der Waals surface area contributed by atoms with Crippen LogP contribution < -0.4 is 5.69 Å². The van der Waals surface area contributed by atoms with Gasteiger partial charge < -0.3 is 9.47 Å². The first-order chi connectivity index (χ1) is 12.8. The van der Waals surface area contributed by atoms with Crippen molar-refractivity contribution >= 4 is 0 Å². The average Bonchev–Trinajstić information content (AvgIpc) is 3.60. The van der Waals surface area contributed by atoms with Crippen LogP contribution in [0.2, 0.25) is 0 Å². The standard InChI is InChI=1S/C21H20N2O3/c24-21-22(11-17-13-25-17)19(15-7-3-1-4-8-15)20(16-9-5-2-6-10-16)23(21)12-18-14-26-18/h1-10,17-18H,11-14H2. The number of imidazole rings is 1. The molecule has 2 saturated heterocycles. The molecule has 2 aromatic carbocycles. The lowest BCUT2D eigenvalue weighted by Gasteiger charge is -2.11. The van der Waals surface area contributed by atoms with Crippen LogP contribution in [0.4, 0.5) is 0 Å². The van der Waals surface area contributed by atoms with E-state index in [9.17, 15) is 4.79 Å².